The second-order valence-electron chi connectivity index (χ2n) is 6.43. The third-order valence-electron chi connectivity index (χ3n) is 4.09. The number of hydrogen-bond donors (Lipinski definition) is 3. The molecule has 152 valence electrons. The number of aliphatic imine (C=N–C) groups is 1. The Hall–Kier alpha value is -1.58. The molecule has 0 spiro atoms. The van der Waals surface area contributed by atoms with Crippen LogP contribution in [0.15, 0.2) is 29.3 Å². The molecule has 27 heavy (non-hydrogen) atoms. The van der Waals surface area contributed by atoms with Crippen LogP contribution in [0.5, 0.6) is 5.75 Å². The molecule has 0 heterocycles. The Morgan fingerprint density at radius 2 is 2.15 bits per heavy atom. The van der Waals surface area contributed by atoms with Crippen molar-refractivity contribution in [1.82, 2.24) is 16.0 Å². The molecular formula is C19H30FIN4O2. The van der Waals surface area contributed by atoms with Gasteiger partial charge in [0.15, 0.2) is 5.96 Å². The predicted octanol–water partition coefficient (Wildman–Crippen LogP) is 2.82. The van der Waals surface area contributed by atoms with Crippen LogP contribution in [0, 0.1) is 5.82 Å². The quantitative estimate of drug-likeness (QED) is 0.203. The molecule has 1 aromatic rings. The van der Waals surface area contributed by atoms with Gasteiger partial charge in [0, 0.05) is 32.1 Å². The van der Waals surface area contributed by atoms with E-state index in [4.69, 9.17) is 4.74 Å². The van der Waals surface area contributed by atoms with E-state index in [9.17, 15) is 9.18 Å². The fourth-order valence-corrected chi connectivity index (χ4v) is 2.42. The zero-order valence-electron chi connectivity index (χ0n) is 16.0. The maximum atomic E-state index is 13.2. The summed E-state index contributed by atoms with van der Waals surface area (Å²) >= 11 is 0. The molecule has 0 bridgehead atoms. The number of amides is 1. The number of halogens is 2. The van der Waals surface area contributed by atoms with Gasteiger partial charge in [-0.25, -0.2) is 4.39 Å². The van der Waals surface area contributed by atoms with Crippen molar-refractivity contribution in [3.05, 3.63) is 30.1 Å². The smallest absolute Gasteiger partial charge is 0.220 e. The van der Waals surface area contributed by atoms with Crippen molar-refractivity contribution in [2.45, 2.75) is 51.2 Å². The highest BCUT2D eigenvalue weighted by atomic mass is 127. The number of carbonyl (C=O) groups excluding carboxylic acids is 1. The van der Waals surface area contributed by atoms with Crippen molar-refractivity contribution < 1.29 is 13.9 Å². The largest absolute Gasteiger partial charge is 0.489 e. The average Bonchev–Trinajstić information content (AvgIpc) is 3.43. The van der Waals surface area contributed by atoms with Crippen LogP contribution in [0.4, 0.5) is 4.39 Å². The van der Waals surface area contributed by atoms with Crippen molar-refractivity contribution in [3.8, 4) is 5.75 Å². The number of benzene rings is 1. The van der Waals surface area contributed by atoms with Gasteiger partial charge in [-0.1, -0.05) is 13.0 Å². The molecule has 0 saturated heterocycles. The second kappa shape index (κ2) is 12.7. The summed E-state index contributed by atoms with van der Waals surface area (Å²) in [4.78, 5) is 15.8. The van der Waals surface area contributed by atoms with Crippen LogP contribution in [0.3, 0.4) is 0 Å². The monoisotopic (exact) mass is 492 g/mol. The van der Waals surface area contributed by atoms with Crippen LogP contribution in [0.25, 0.3) is 0 Å². The summed E-state index contributed by atoms with van der Waals surface area (Å²) in [6.07, 6.45) is 4.16. The molecule has 1 aromatic carbocycles. The topological polar surface area (TPSA) is 74.8 Å². The zero-order valence-corrected chi connectivity index (χ0v) is 18.3. The Kier molecular flexibility index (Phi) is 11.1. The maximum Gasteiger partial charge on any atom is 0.220 e. The first-order valence-corrected chi connectivity index (χ1v) is 9.26. The number of nitrogens with zero attached hydrogens (tertiary/aromatic N) is 1. The standard InChI is InChI=1S/C19H29FN4O2.HI/c1-3-16(26-17-7-4-6-14(20)12-17)13-23-19(21-2)22-11-5-8-18(25)24-15-9-10-15;/h4,6-7,12,15-16H,3,5,8-11,13H2,1-2H3,(H,24,25)(H2,21,22,23);1H. The lowest BCUT2D eigenvalue weighted by Gasteiger charge is -2.20. The Balaban J connectivity index is 0.00000364. The fraction of sp³-hybridized carbons (Fsp3) is 0.579. The second-order valence-corrected chi connectivity index (χ2v) is 6.43. The van der Waals surface area contributed by atoms with E-state index in [1.807, 2.05) is 6.92 Å². The highest BCUT2D eigenvalue weighted by Crippen LogP contribution is 2.18. The summed E-state index contributed by atoms with van der Waals surface area (Å²) in [5.74, 6) is 0.984. The van der Waals surface area contributed by atoms with E-state index in [1.54, 1.807) is 19.2 Å². The van der Waals surface area contributed by atoms with Gasteiger partial charge in [-0.05, 0) is 37.8 Å². The predicted molar refractivity (Wildman–Crippen MR) is 116 cm³/mol. The lowest BCUT2D eigenvalue weighted by Crippen LogP contribution is -2.42. The van der Waals surface area contributed by atoms with E-state index in [0.717, 1.165) is 25.7 Å². The van der Waals surface area contributed by atoms with Gasteiger partial charge in [-0.3, -0.25) is 9.79 Å². The Bertz CT molecular complexity index is 611. The minimum atomic E-state index is -0.312. The highest BCUT2D eigenvalue weighted by molar-refractivity contribution is 14.0. The molecule has 0 radical (unpaired) electrons. The van der Waals surface area contributed by atoms with Gasteiger partial charge < -0.3 is 20.7 Å². The van der Waals surface area contributed by atoms with Gasteiger partial charge in [0.2, 0.25) is 5.91 Å². The molecule has 8 heteroatoms. The molecule has 3 N–H and O–H groups in total. The van der Waals surface area contributed by atoms with Crippen molar-refractivity contribution in [2.24, 2.45) is 4.99 Å². The number of nitrogens with one attached hydrogen (secondary N) is 3. The normalized spacial score (nSPS) is 14.7. The first kappa shape index (κ1) is 23.5. The van der Waals surface area contributed by atoms with Crippen LogP contribution in [-0.4, -0.2) is 44.1 Å². The van der Waals surface area contributed by atoms with E-state index >= 15 is 0 Å². The van der Waals surface area contributed by atoms with Crippen molar-refractivity contribution >= 4 is 35.8 Å². The van der Waals surface area contributed by atoms with Gasteiger partial charge in [0.25, 0.3) is 0 Å². The van der Waals surface area contributed by atoms with Crippen LogP contribution >= 0.6 is 24.0 Å². The maximum absolute atomic E-state index is 13.2. The summed E-state index contributed by atoms with van der Waals surface area (Å²) in [6.45, 7) is 3.23. The average molecular weight is 492 g/mol. The fourth-order valence-electron chi connectivity index (χ4n) is 2.42. The summed E-state index contributed by atoms with van der Waals surface area (Å²) in [6, 6.07) is 6.55. The molecule has 0 aromatic heterocycles. The molecule has 1 saturated carbocycles. The van der Waals surface area contributed by atoms with Crippen LogP contribution < -0.4 is 20.7 Å². The van der Waals surface area contributed by atoms with Gasteiger partial charge in [0.05, 0.1) is 6.54 Å². The zero-order chi connectivity index (χ0) is 18.8. The van der Waals surface area contributed by atoms with Crippen molar-refractivity contribution in [1.29, 1.82) is 0 Å². The minimum Gasteiger partial charge on any atom is -0.489 e. The third kappa shape index (κ3) is 9.78. The van der Waals surface area contributed by atoms with E-state index < -0.39 is 0 Å². The minimum absolute atomic E-state index is 0. The summed E-state index contributed by atoms with van der Waals surface area (Å²) in [5.41, 5.74) is 0. The van der Waals surface area contributed by atoms with Crippen LogP contribution in [-0.2, 0) is 4.79 Å². The van der Waals surface area contributed by atoms with Crippen molar-refractivity contribution in [2.75, 3.05) is 20.1 Å². The number of guanidine groups is 1. The molecule has 1 aliphatic carbocycles. The molecule has 2 rings (SSSR count). The van der Waals surface area contributed by atoms with Gasteiger partial charge in [-0.2, -0.15) is 0 Å². The highest BCUT2D eigenvalue weighted by Gasteiger charge is 2.22. The molecule has 1 unspecified atom stereocenters. The lowest BCUT2D eigenvalue weighted by molar-refractivity contribution is -0.121. The number of ether oxygens (including phenoxy) is 1. The van der Waals surface area contributed by atoms with E-state index in [2.05, 4.69) is 20.9 Å². The number of rotatable bonds is 10. The molecule has 1 fully saturated rings. The summed E-state index contributed by atoms with van der Waals surface area (Å²) in [7, 11) is 1.70. The van der Waals surface area contributed by atoms with Crippen LogP contribution in [0.1, 0.15) is 39.0 Å². The number of hydrogen-bond acceptors (Lipinski definition) is 3. The van der Waals surface area contributed by atoms with Crippen molar-refractivity contribution in [3.63, 3.8) is 0 Å². The lowest BCUT2D eigenvalue weighted by atomic mass is 10.2. The molecule has 6 nitrogen and oxygen atoms in total. The van der Waals surface area contributed by atoms with Gasteiger partial charge >= 0.3 is 0 Å². The Labute approximate surface area is 177 Å². The molecule has 1 aliphatic rings. The number of carbonyl (C=O) groups is 1. The Morgan fingerprint density at radius 1 is 1.37 bits per heavy atom. The van der Waals surface area contributed by atoms with Gasteiger partial charge in [-0.15, -0.1) is 24.0 Å². The first-order chi connectivity index (χ1) is 12.6. The molecule has 1 amide bonds. The van der Waals surface area contributed by atoms with E-state index in [0.29, 0.717) is 37.3 Å². The van der Waals surface area contributed by atoms with Crippen LogP contribution in [0.2, 0.25) is 0 Å². The van der Waals surface area contributed by atoms with Gasteiger partial charge in [0.1, 0.15) is 17.7 Å². The molecular weight excluding hydrogens is 462 g/mol. The summed E-state index contributed by atoms with van der Waals surface area (Å²) < 4.78 is 19.0. The van der Waals surface area contributed by atoms with E-state index in [1.165, 1.54) is 12.1 Å². The molecule has 0 aliphatic heterocycles. The SMILES string of the molecule is CCC(CNC(=NC)NCCCC(=O)NC1CC1)Oc1cccc(F)c1.I. The summed E-state index contributed by atoms with van der Waals surface area (Å²) in [5, 5.41) is 9.37. The Morgan fingerprint density at radius 3 is 2.78 bits per heavy atom. The molecule has 1 atom stereocenters. The van der Waals surface area contributed by atoms with E-state index in [-0.39, 0.29) is 41.8 Å². The first-order valence-electron chi connectivity index (χ1n) is 9.26. The third-order valence-corrected chi connectivity index (χ3v) is 4.09.